The van der Waals surface area contributed by atoms with Gasteiger partial charge < -0.3 is 9.47 Å². The highest BCUT2D eigenvalue weighted by molar-refractivity contribution is 7.86. The Morgan fingerprint density at radius 3 is 2.61 bits per heavy atom. The van der Waals surface area contributed by atoms with Gasteiger partial charge in [-0.25, -0.2) is 0 Å². The smallest absolute Gasteiger partial charge is 0.162 e. The molecule has 0 fully saturated rings. The number of Topliss-reactive ketones (excluding diaryl/α,β-unsaturated/α-hetero) is 1. The standard InChI is InChI=1S/C13H16O4S/c1-9(14)10(2)18(15)11-4-5-12-13(8-11)17-7-3-6-16-12/h4-5,8,10H,3,6-7H2,1-2H3. The molecule has 1 heterocycles. The monoisotopic (exact) mass is 268 g/mol. The number of hydrogen-bond acceptors (Lipinski definition) is 4. The van der Waals surface area contributed by atoms with E-state index in [2.05, 4.69) is 0 Å². The maximum Gasteiger partial charge on any atom is 0.162 e. The average Bonchev–Trinajstić information content (AvgIpc) is 2.60. The van der Waals surface area contributed by atoms with Crippen molar-refractivity contribution >= 4 is 16.6 Å². The summed E-state index contributed by atoms with van der Waals surface area (Å²) in [4.78, 5) is 11.9. The number of ketones is 1. The summed E-state index contributed by atoms with van der Waals surface area (Å²) < 4.78 is 23.2. The van der Waals surface area contributed by atoms with Gasteiger partial charge in [0.25, 0.3) is 0 Å². The zero-order valence-electron chi connectivity index (χ0n) is 10.5. The van der Waals surface area contributed by atoms with Gasteiger partial charge in [-0.15, -0.1) is 0 Å². The van der Waals surface area contributed by atoms with Gasteiger partial charge in [-0.2, -0.15) is 0 Å². The zero-order valence-corrected chi connectivity index (χ0v) is 11.3. The van der Waals surface area contributed by atoms with Crippen LogP contribution in [-0.2, 0) is 15.6 Å². The van der Waals surface area contributed by atoms with Gasteiger partial charge in [0.05, 0.1) is 29.3 Å². The molecule has 2 rings (SSSR count). The molecule has 0 bridgehead atoms. The predicted octanol–water partition coefficient (Wildman–Crippen LogP) is 1.93. The van der Waals surface area contributed by atoms with Crippen LogP contribution in [0.15, 0.2) is 23.1 Å². The quantitative estimate of drug-likeness (QED) is 0.840. The molecule has 0 aromatic heterocycles. The summed E-state index contributed by atoms with van der Waals surface area (Å²) in [6, 6.07) is 5.18. The molecule has 1 aromatic carbocycles. The van der Waals surface area contributed by atoms with Gasteiger partial charge in [0, 0.05) is 17.4 Å². The molecule has 18 heavy (non-hydrogen) atoms. The Bertz CT molecular complexity index is 484. The van der Waals surface area contributed by atoms with Gasteiger partial charge in [-0.1, -0.05) is 0 Å². The Kier molecular flexibility index (Phi) is 4.01. The van der Waals surface area contributed by atoms with Gasteiger partial charge in [-0.3, -0.25) is 9.00 Å². The fourth-order valence-electron chi connectivity index (χ4n) is 1.62. The van der Waals surface area contributed by atoms with Gasteiger partial charge in [0.15, 0.2) is 11.5 Å². The molecule has 0 spiro atoms. The lowest BCUT2D eigenvalue weighted by Crippen LogP contribution is -2.19. The van der Waals surface area contributed by atoms with Crippen LogP contribution in [0.25, 0.3) is 0 Å². The van der Waals surface area contributed by atoms with Crippen LogP contribution < -0.4 is 9.47 Å². The second-order valence-electron chi connectivity index (χ2n) is 4.21. The highest BCUT2D eigenvalue weighted by atomic mass is 32.2. The number of ether oxygens (including phenoxy) is 2. The van der Waals surface area contributed by atoms with Crippen molar-refractivity contribution in [1.29, 1.82) is 0 Å². The molecule has 0 saturated carbocycles. The molecule has 0 N–H and O–H groups in total. The van der Waals surface area contributed by atoms with Crippen LogP contribution in [0, 0.1) is 0 Å². The number of benzene rings is 1. The SMILES string of the molecule is CC(=O)C(C)S(=O)c1ccc2c(c1)OCCCO2. The van der Waals surface area contributed by atoms with Crippen molar-refractivity contribution < 1.29 is 18.5 Å². The van der Waals surface area contributed by atoms with E-state index in [9.17, 15) is 9.00 Å². The Morgan fingerprint density at radius 2 is 1.94 bits per heavy atom. The van der Waals surface area contributed by atoms with Crippen LogP contribution in [0.4, 0.5) is 0 Å². The lowest BCUT2D eigenvalue weighted by molar-refractivity contribution is -0.116. The fraction of sp³-hybridized carbons (Fsp3) is 0.462. The average molecular weight is 268 g/mol. The molecule has 1 aromatic rings. The van der Waals surface area contributed by atoms with E-state index in [4.69, 9.17) is 9.47 Å². The zero-order chi connectivity index (χ0) is 13.1. The van der Waals surface area contributed by atoms with Crippen LogP contribution in [0.1, 0.15) is 20.3 Å². The van der Waals surface area contributed by atoms with Crippen LogP contribution in [0.3, 0.4) is 0 Å². The van der Waals surface area contributed by atoms with Gasteiger partial charge >= 0.3 is 0 Å². The van der Waals surface area contributed by atoms with Gasteiger partial charge in [0.1, 0.15) is 5.78 Å². The van der Waals surface area contributed by atoms with Gasteiger partial charge in [0.2, 0.25) is 0 Å². The first-order valence-electron chi connectivity index (χ1n) is 5.90. The normalized spacial score (nSPS) is 17.7. The number of hydrogen-bond donors (Lipinski definition) is 0. The van der Waals surface area contributed by atoms with Crippen molar-refractivity contribution in [3.63, 3.8) is 0 Å². The number of fused-ring (bicyclic) bond motifs is 1. The summed E-state index contributed by atoms with van der Waals surface area (Å²) >= 11 is 0. The second-order valence-corrected chi connectivity index (χ2v) is 5.98. The van der Waals surface area contributed by atoms with E-state index in [-0.39, 0.29) is 5.78 Å². The van der Waals surface area contributed by atoms with Crippen molar-refractivity contribution in [3.05, 3.63) is 18.2 Å². The van der Waals surface area contributed by atoms with Crippen LogP contribution in [0.2, 0.25) is 0 Å². The van der Waals surface area contributed by atoms with Gasteiger partial charge in [-0.05, 0) is 26.0 Å². The Balaban J connectivity index is 2.28. The lowest BCUT2D eigenvalue weighted by Gasteiger charge is -2.11. The molecule has 1 aliphatic rings. The maximum absolute atomic E-state index is 12.2. The maximum atomic E-state index is 12.2. The number of carbonyl (C=O) groups excluding carboxylic acids is 1. The molecular formula is C13H16O4S. The topological polar surface area (TPSA) is 52.6 Å². The lowest BCUT2D eigenvalue weighted by atomic mass is 10.3. The molecule has 98 valence electrons. The third-order valence-electron chi connectivity index (χ3n) is 2.84. The van der Waals surface area contributed by atoms with Crippen LogP contribution in [-0.4, -0.2) is 28.5 Å². The van der Waals surface area contributed by atoms with E-state index >= 15 is 0 Å². The minimum atomic E-state index is -1.35. The van der Waals surface area contributed by atoms with Crippen molar-refractivity contribution in [1.82, 2.24) is 0 Å². The summed E-state index contributed by atoms with van der Waals surface area (Å²) in [6.45, 7) is 4.33. The van der Waals surface area contributed by atoms with Crippen LogP contribution in [0.5, 0.6) is 11.5 Å². The second kappa shape index (κ2) is 5.52. The van der Waals surface area contributed by atoms with Crippen molar-refractivity contribution in [2.24, 2.45) is 0 Å². The van der Waals surface area contributed by atoms with E-state index in [1.54, 1.807) is 25.1 Å². The van der Waals surface area contributed by atoms with E-state index in [1.165, 1.54) is 6.92 Å². The summed E-state index contributed by atoms with van der Waals surface area (Å²) in [7, 11) is -1.35. The molecule has 4 nitrogen and oxygen atoms in total. The first-order chi connectivity index (χ1) is 8.59. The summed E-state index contributed by atoms with van der Waals surface area (Å²) in [6.07, 6.45) is 0.830. The highest BCUT2D eigenvalue weighted by Gasteiger charge is 2.20. The first kappa shape index (κ1) is 13.1. The largest absolute Gasteiger partial charge is 0.490 e. The third kappa shape index (κ3) is 2.72. The molecule has 1 aliphatic heterocycles. The van der Waals surface area contributed by atoms with E-state index in [0.29, 0.717) is 29.6 Å². The number of rotatable bonds is 3. The minimum Gasteiger partial charge on any atom is -0.490 e. The first-order valence-corrected chi connectivity index (χ1v) is 7.11. The summed E-state index contributed by atoms with van der Waals surface area (Å²) in [5.41, 5.74) is 0. The molecular weight excluding hydrogens is 252 g/mol. The Labute approximate surface area is 109 Å². The predicted molar refractivity (Wildman–Crippen MR) is 68.6 cm³/mol. The molecule has 0 radical (unpaired) electrons. The number of carbonyl (C=O) groups is 1. The van der Waals surface area contributed by atoms with E-state index in [0.717, 1.165) is 6.42 Å². The highest BCUT2D eigenvalue weighted by Crippen LogP contribution is 2.32. The Hall–Kier alpha value is -1.36. The molecule has 2 atom stereocenters. The summed E-state index contributed by atoms with van der Waals surface area (Å²) in [5, 5.41) is -0.505. The molecule has 0 aliphatic carbocycles. The van der Waals surface area contributed by atoms with E-state index < -0.39 is 16.0 Å². The minimum absolute atomic E-state index is 0.0829. The molecule has 5 heteroatoms. The summed E-state index contributed by atoms with van der Waals surface area (Å²) in [5.74, 6) is 1.19. The third-order valence-corrected chi connectivity index (χ3v) is 4.54. The Morgan fingerprint density at radius 1 is 1.28 bits per heavy atom. The van der Waals surface area contributed by atoms with Crippen LogP contribution >= 0.6 is 0 Å². The van der Waals surface area contributed by atoms with E-state index in [1.807, 2.05) is 0 Å². The van der Waals surface area contributed by atoms with Crippen molar-refractivity contribution in [2.75, 3.05) is 13.2 Å². The van der Waals surface area contributed by atoms with Crippen molar-refractivity contribution in [2.45, 2.75) is 30.4 Å². The molecule has 0 amide bonds. The molecule has 0 saturated heterocycles. The molecule has 2 unspecified atom stereocenters. The fourth-order valence-corrected chi connectivity index (χ4v) is 2.76. The van der Waals surface area contributed by atoms with Crippen molar-refractivity contribution in [3.8, 4) is 11.5 Å².